The lowest BCUT2D eigenvalue weighted by Gasteiger charge is -2.02. The number of halogens is 2. The van der Waals surface area contributed by atoms with Crippen LogP contribution in [0.3, 0.4) is 0 Å². The Hall–Kier alpha value is -2.22. The van der Waals surface area contributed by atoms with E-state index < -0.39 is 17.8 Å². The van der Waals surface area contributed by atoms with E-state index in [1.165, 1.54) is 28.8 Å². The van der Waals surface area contributed by atoms with Crippen molar-refractivity contribution in [3.05, 3.63) is 40.0 Å². The van der Waals surface area contributed by atoms with E-state index in [0.717, 1.165) is 0 Å². The molecule has 0 bridgehead atoms. The van der Waals surface area contributed by atoms with Gasteiger partial charge in [0.25, 0.3) is 0 Å². The molecule has 0 aromatic carbocycles. The molecule has 0 saturated heterocycles. The molecule has 0 unspecified atom stereocenters. The summed E-state index contributed by atoms with van der Waals surface area (Å²) in [6, 6.07) is 1.18. The van der Waals surface area contributed by atoms with Crippen LogP contribution in [-0.4, -0.2) is 34.5 Å². The molecule has 2 heterocycles. The first-order valence-electron chi connectivity index (χ1n) is 6.87. The highest BCUT2D eigenvalue weighted by molar-refractivity contribution is 9.10. The van der Waals surface area contributed by atoms with Crippen molar-refractivity contribution in [2.75, 3.05) is 13.2 Å². The van der Waals surface area contributed by atoms with E-state index in [9.17, 15) is 14.0 Å². The van der Waals surface area contributed by atoms with Crippen molar-refractivity contribution >= 4 is 39.6 Å². The first-order chi connectivity index (χ1) is 11.0. The zero-order valence-corrected chi connectivity index (χ0v) is 14.1. The molecule has 23 heavy (non-hydrogen) atoms. The van der Waals surface area contributed by atoms with E-state index >= 15 is 0 Å². The van der Waals surface area contributed by atoms with Crippen LogP contribution >= 0.6 is 15.9 Å². The number of hydrogen-bond donors (Lipinski definition) is 0. The van der Waals surface area contributed by atoms with E-state index in [2.05, 4.69) is 20.9 Å². The van der Waals surface area contributed by atoms with Crippen molar-refractivity contribution in [2.45, 2.75) is 13.8 Å². The van der Waals surface area contributed by atoms with Crippen LogP contribution < -0.4 is 0 Å². The van der Waals surface area contributed by atoms with Gasteiger partial charge in [-0.1, -0.05) is 0 Å². The average molecular weight is 385 g/mol. The van der Waals surface area contributed by atoms with Crippen molar-refractivity contribution in [1.82, 2.24) is 9.38 Å². The van der Waals surface area contributed by atoms with Crippen LogP contribution in [0, 0.1) is 5.82 Å². The predicted octanol–water partition coefficient (Wildman–Crippen LogP) is 2.99. The summed E-state index contributed by atoms with van der Waals surface area (Å²) in [5, 5.41) is 0. The van der Waals surface area contributed by atoms with Gasteiger partial charge >= 0.3 is 11.9 Å². The van der Waals surface area contributed by atoms with Crippen LogP contribution in [-0.2, 0) is 14.3 Å². The monoisotopic (exact) mass is 384 g/mol. The van der Waals surface area contributed by atoms with Gasteiger partial charge in [-0.25, -0.2) is 19.0 Å². The summed E-state index contributed by atoms with van der Waals surface area (Å²) >= 11 is 3.08. The fourth-order valence-electron chi connectivity index (χ4n) is 1.90. The summed E-state index contributed by atoms with van der Waals surface area (Å²) in [5.74, 6) is -1.73. The lowest BCUT2D eigenvalue weighted by atomic mass is 10.3. The number of pyridine rings is 1. The van der Waals surface area contributed by atoms with Crippen LogP contribution in [0.1, 0.15) is 30.0 Å². The average Bonchev–Trinajstić information content (AvgIpc) is 2.84. The van der Waals surface area contributed by atoms with Crippen molar-refractivity contribution in [3.8, 4) is 0 Å². The molecular formula is C15H14BrFN2O4. The maximum Gasteiger partial charge on any atom is 0.359 e. The molecule has 0 atom stereocenters. The van der Waals surface area contributed by atoms with E-state index in [1.807, 2.05) is 0 Å². The molecule has 8 heteroatoms. The molecule has 0 aliphatic carbocycles. The topological polar surface area (TPSA) is 69.9 Å². The van der Waals surface area contributed by atoms with Crippen molar-refractivity contribution < 1.29 is 23.5 Å². The third kappa shape index (κ3) is 3.76. The van der Waals surface area contributed by atoms with Crippen LogP contribution in [0.25, 0.3) is 11.7 Å². The Morgan fingerprint density at radius 1 is 1.35 bits per heavy atom. The predicted molar refractivity (Wildman–Crippen MR) is 84.5 cm³/mol. The van der Waals surface area contributed by atoms with Crippen LogP contribution in [0.4, 0.5) is 4.39 Å². The third-order valence-electron chi connectivity index (χ3n) is 2.83. The lowest BCUT2D eigenvalue weighted by Crippen LogP contribution is -2.07. The Labute approximate surface area is 140 Å². The molecule has 2 rings (SSSR count). The van der Waals surface area contributed by atoms with Gasteiger partial charge in [0.15, 0.2) is 5.69 Å². The summed E-state index contributed by atoms with van der Waals surface area (Å²) in [7, 11) is 0. The van der Waals surface area contributed by atoms with Gasteiger partial charge < -0.3 is 9.47 Å². The van der Waals surface area contributed by atoms with Gasteiger partial charge in [0.1, 0.15) is 11.5 Å². The highest BCUT2D eigenvalue weighted by Gasteiger charge is 2.20. The number of hydrogen-bond acceptors (Lipinski definition) is 5. The maximum atomic E-state index is 13.6. The number of nitrogens with zero attached hydrogens (tertiary/aromatic N) is 2. The summed E-state index contributed by atoms with van der Waals surface area (Å²) < 4.78 is 25.1. The number of imidazole rings is 1. The quantitative estimate of drug-likeness (QED) is 0.585. The Morgan fingerprint density at radius 2 is 2.04 bits per heavy atom. The van der Waals surface area contributed by atoms with Crippen molar-refractivity contribution in [1.29, 1.82) is 0 Å². The smallest absolute Gasteiger partial charge is 0.359 e. The second-order valence-corrected chi connectivity index (χ2v) is 5.20. The number of ether oxygens (including phenoxy) is 2. The maximum absolute atomic E-state index is 13.6. The van der Waals surface area contributed by atoms with Crippen molar-refractivity contribution in [2.24, 2.45) is 0 Å². The van der Waals surface area contributed by atoms with E-state index in [4.69, 9.17) is 9.47 Å². The summed E-state index contributed by atoms with van der Waals surface area (Å²) in [5.41, 5.74) is 0.509. The number of carbonyl (C=O) groups is 2. The fourth-order valence-corrected chi connectivity index (χ4v) is 2.22. The highest BCUT2D eigenvalue weighted by Crippen LogP contribution is 2.22. The molecule has 2 aromatic rings. The summed E-state index contributed by atoms with van der Waals surface area (Å²) in [4.78, 5) is 27.6. The molecule has 0 amide bonds. The number of carbonyl (C=O) groups excluding carboxylic acids is 2. The van der Waals surface area contributed by atoms with Gasteiger partial charge in [0.2, 0.25) is 0 Å². The molecule has 0 saturated carbocycles. The summed E-state index contributed by atoms with van der Waals surface area (Å²) in [6.07, 6.45) is 3.98. The number of rotatable bonds is 5. The molecule has 0 aliphatic heterocycles. The van der Waals surface area contributed by atoms with Crippen LogP contribution in [0.5, 0.6) is 0 Å². The normalized spacial score (nSPS) is 11.1. The first-order valence-corrected chi connectivity index (χ1v) is 7.66. The molecule has 0 aliphatic rings. The Bertz CT molecular complexity index is 785. The minimum absolute atomic E-state index is 0.00935. The molecular weight excluding hydrogens is 371 g/mol. The van der Waals surface area contributed by atoms with Crippen LogP contribution in [0.15, 0.2) is 22.8 Å². The highest BCUT2D eigenvalue weighted by atomic mass is 79.9. The van der Waals surface area contributed by atoms with E-state index in [-0.39, 0.29) is 29.0 Å². The van der Waals surface area contributed by atoms with E-state index in [1.54, 1.807) is 13.8 Å². The minimum Gasteiger partial charge on any atom is -0.463 e. The van der Waals surface area contributed by atoms with Gasteiger partial charge in [-0.05, 0) is 35.9 Å². The minimum atomic E-state index is -0.656. The molecule has 122 valence electrons. The standard InChI is InChI=1S/C15H14BrFN2O4/c1-3-22-13(20)6-5-11-14(15(21)23-4-2)18-12-7-10(17)9(16)8-19(11)12/h5-8H,3-4H2,1-2H3/b6-5+. The van der Waals surface area contributed by atoms with Gasteiger partial charge in [-0.15, -0.1) is 0 Å². The number of fused-ring (bicyclic) bond motifs is 1. The largest absolute Gasteiger partial charge is 0.463 e. The molecule has 0 N–H and O–H groups in total. The van der Waals surface area contributed by atoms with Gasteiger partial charge in [-0.3, -0.25) is 4.40 Å². The van der Waals surface area contributed by atoms with Crippen molar-refractivity contribution in [3.63, 3.8) is 0 Å². The Morgan fingerprint density at radius 3 is 2.70 bits per heavy atom. The number of esters is 2. The second kappa shape index (κ2) is 7.36. The van der Waals surface area contributed by atoms with Gasteiger partial charge in [-0.2, -0.15) is 0 Å². The summed E-state index contributed by atoms with van der Waals surface area (Å²) in [6.45, 7) is 3.76. The Kier molecular flexibility index (Phi) is 5.49. The second-order valence-electron chi connectivity index (χ2n) is 4.35. The zero-order chi connectivity index (χ0) is 17.0. The van der Waals surface area contributed by atoms with Gasteiger partial charge in [0.05, 0.1) is 23.4 Å². The zero-order valence-electron chi connectivity index (χ0n) is 12.5. The van der Waals surface area contributed by atoms with Gasteiger partial charge in [0, 0.05) is 18.3 Å². The molecule has 0 fully saturated rings. The molecule has 0 radical (unpaired) electrons. The molecule has 6 nitrogen and oxygen atoms in total. The fraction of sp³-hybridized carbons (Fsp3) is 0.267. The molecule has 2 aromatic heterocycles. The Balaban J connectivity index is 2.57. The SMILES string of the molecule is CCOC(=O)/C=C/c1c(C(=O)OCC)nc2cc(F)c(Br)cn12. The lowest BCUT2D eigenvalue weighted by molar-refractivity contribution is -0.137. The number of aromatic nitrogens is 2. The molecule has 0 spiro atoms. The third-order valence-corrected chi connectivity index (χ3v) is 3.42. The van der Waals surface area contributed by atoms with Crippen LogP contribution in [0.2, 0.25) is 0 Å². The first kappa shape index (κ1) is 17.1. The van der Waals surface area contributed by atoms with E-state index in [0.29, 0.717) is 5.69 Å².